The van der Waals surface area contributed by atoms with Crippen LogP contribution in [0.25, 0.3) is 16.9 Å². The van der Waals surface area contributed by atoms with Crippen molar-refractivity contribution in [3.8, 4) is 5.69 Å². The Morgan fingerprint density at radius 2 is 2.10 bits per heavy atom. The van der Waals surface area contributed by atoms with Crippen LogP contribution in [-0.2, 0) is 19.3 Å². The van der Waals surface area contributed by atoms with E-state index in [1.165, 1.54) is 18.2 Å². The van der Waals surface area contributed by atoms with E-state index in [9.17, 15) is 4.39 Å². The first-order valence-corrected chi connectivity index (χ1v) is 7.42. The number of benzene rings is 1. The number of hydrogen-bond donors (Lipinski definition) is 0. The van der Waals surface area contributed by atoms with Crippen LogP contribution in [0.15, 0.2) is 18.2 Å². The lowest BCUT2D eigenvalue weighted by Gasteiger charge is -2.10. The number of aromatic nitrogens is 4. The number of fused-ring (bicyclic) bond motifs is 1. The second kappa shape index (κ2) is 5.31. The molecule has 0 saturated heterocycles. The normalized spacial score (nSPS) is 11.5. The van der Waals surface area contributed by atoms with Crippen molar-refractivity contribution in [2.24, 2.45) is 7.05 Å². The van der Waals surface area contributed by atoms with Gasteiger partial charge in [0.2, 0.25) is 0 Å². The molecule has 4 nitrogen and oxygen atoms in total. The van der Waals surface area contributed by atoms with Crippen molar-refractivity contribution >= 4 is 34.4 Å². The fraction of sp³-hybridized carbons (Fsp3) is 0.286. The maximum Gasteiger partial charge on any atom is 0.163 e. The zero-order chi connectivity index (χ0) is 15.1. The van der Waals surface area contributed by atoms with Gasteiger partial charge in [-0.05, 0) is 24.6 Å². The van der Waals surface area contributed by atoms with Crippen LogP contribution in [0, 0.1) is 5.82 Å². The maximum absolute atomic E-state index is 13.6. The highest BCUT2D eigenvalue weighted by atomic mass is 35.5. The molecule has 0 aliphatic heterocycles. The third kappa shape index (κ3) is 2.21. The molecule has 0 bridgehead atoms. The molecule has 0 unspecified atom stereocenters. The average molecular weight is 327 g/mol. The van der Waals surface area contributed by atoms with Crippen molar-refractivity contribution in [3.63, 3.8) is 0 Å². The van der Waals surface area contributed by atoms with E-state index in [0.717, 1.165) is 23.3 Å². The molecule has 2 heterocycles. The van der Waals surface area contributed by atoms with Gasteiger partial charge in [-0.25, -0.2) is 14.1 Å². The van der Waals surface area contributed by atoms with Crippen molar-refractivity contribution in [3.05, 3.63) is 40.6 Å². The maximum atomic E-state index is 13.6. The first-order valence-electron chi connectivity index (χ1n) is 6.51. The summed E-state index contributed by atoms with van der Waals surface area (Å²) in [6.07, 6.45) is 0.757. The van der Waals surface area contributed by atoms with E-state index in [1.807, 2.05) is 14.0 Å². The van der Waals surface area contributed by atoms with E-state index in [0.29, 0.717) is 16.5 Å². The number of hydrogen-bond acceptors (Lipinski definition) is 2. The Bertz CT molecular complexity index is 822. The Morgan fingerprint density at radius 1 is 1.33 bits per heavy atom. The Morgan fingerprint density at radius 3 is 2.76 bits per heavy atom. The second-order valence-corrected chi connectivity index (χ2v) is 5.36. The highest BCUT2D eigenvalue weighted by molar-refractivity contribution is 6.32. The number of alkyl halides is 1. The van der Waals surface area contributed by atoms with Gasteiger partial charge in [0.15, 0.2) is 5.65 Å². The monoisotopic (exact) mass is 326 g/mol. The second-order valence-electron chi connectivity index (χ2n) is 4.69. The van der Waals surface area contributed by atoms with Gasteiger partial charge < -0.3 is 0 Å². The highest BCUT2D eigenvalue weighted by Gasteiger charge is 2.20. The first-order chi connectivity index (χ1) is 10.1. The molecule has 2 aromatic heterocycles. The van der Waals surface area contributed by atoms with E-state index in [2.05, 4.69) is 10.1 Å². The fourth-order valence-corrected chi connectivity index (χ4v) is 2.84. The first kappa shape index (κ1) is 14.4. The molecule has 0 fully saturated rings. The van der Waals surface area contributed by atoms with Crippen molar-refractivity contribution < 1.29 is 4.39 Å². The lowest BCUT2D eigenvalue weighted by atomic mass is 10.3. The average Bonchev–Trinajstić information content (AvgIpc) is 2.99. The minimum atomic E-state index is -0.366. The molecular formula is C14H13Cl2FN4. The van der Waals surface area contributed by atoms with Crippen LogP contribution in [0.2, 0.25) is 5.02 Å². The standard InChI is InChI=1S/C14H13Cl2FN4/c1-3-10-13-14(20(2)19-10)21(12(7-15)18-13)11-6-8(17)4-5-9(11)16/h4-6H,3,7H2,1-2H3. The van der Waals surface area contributed by atoms with Crippen LogP contribution in [0.5, 0.6) is 0 Å². The summed E-state index contributed by atoms with van der Waals surface area (Å²) in [6.45, 7) is 2.01. The zero-order valence-corrected chi connectivity index (χ0v) is 13.1. The molecule has 1 aromatic carbocycles. The molecular weight excluding hydrogens is 314 g/mol. The fourth-order valence-electron chi connectivity index (χ4n) is 2.46. The SMILES string of the molecule is CCc1nn(C)c2c1nc(CCl)n2-c1cc(F)ccc1Cl. The molecule has 110 valence electrons. The molecule has 21 heavy (non-hydrogen) atoms. The summed E-state index contributed by atoms with van der Waals surface area (Å²) in [4.78, 5) is 4.54. The Hall–Kier alpha value is -1.59. The smallest absolute Gasteiger partial charge is 0.163 e. The number of aryl methyl sites for hydroxylation is 2. The number of imidazole rings is 1. The van der Waals surface area contributed by atoms with Gasteiger partial charge in [0.05, 0.1) is 22.3 Å². The summed E-state index contributed by atoms with van der Waals surface area (Å²) in [7, 11) is 1.82. The summed E-state index contributed by atoms with van der Waals surface area (Å²) in [5, 5.41) is 4.87. The number of rotatable bonds is 3. The molecule has 0 N–H and O–H groups in total. The minimum absolute atomic E-state index is 0.199. The van der Waals surface area contributed by atoms with Gasteiger partial charge in [-0.15, -0.1) is 11.6 Å². The molecule has 3 aromatic rings. The molecule has 0 radical (unpaired) electrons. The largest absolute Gasteiger partial charge is 0.278 e. The van der Waals surface area contributed by atoms with Gasteiger partial charge in [0.25, 0.3) is 0 Å². The predicted octanol–water partition coefficient (Wildman–Crippen LogP) is 3.85. The van der Waals surface area contributed by atoms with Gasteiger partial charge in [-0.2, -0.15) is 5.10 Å². The number of nitrogens with zero attached hydrogens (tertiary/aromatic N) is 4. The molecule has 0 spiro atoms. The van der Waals surface area contributed by atoms with Gasteiger partial charge >= 0.3 is 0 Å². The van der Waals surface area contributed by atoms with Crippen molar-refractivity contribution in [1.29, 1.82) is 0 Å². The zero-order valence-electron chi connectivity index (χ0n) is 11.6. The quantitative estimate of drug-likeness (QED) is 0.685. The number of halogens is 3. The third-order valence-electron chi connectivity index (χ3n) is 3.38. The third-order valence-corrected chi connectivity index (χ3v) is 3.94. The molecule has 0 amide bonds. The van der Waals surface area contributed by atoms with Gasteiger partial charge in [-0.3, -0.25) is 4.57 Å². The molecule has 7 heteroatoms. The van der Waals surface area contributed by atoms with Gasteiger partial charge in [-0.1, -0.05) is 18.5 Å². The van der Waals surface area contributed by atoms with E-state index >= 15 is 0 Å². The summed E-state index contributed by atoms with van der Waals surface area (Å²) < 4.78 is 17.1. The molecule has 3 rings (SSSR count). The Labute approximate surface area is 131 Å². The summed E-state index contributed by atoms with van der Waals surface area (Å²) in [5.41, 5.74) is 2.93. The van der Waals surface area contributed by atoms with E-state index in [4.69, 9.17) is 23.2 Å². The van der Waals surface area contributed by atoms with Crippen LogP contribution in [0.4, 0.5) is 4.39 Å². The molecule has 0 saturated carbocycles. The Kier molecular flexibility index (Phi) is 3.63. The summed E-state index contributed by atoms with van der Waals surface area (Å²) in [6, 6.07) is 4.21. The topological polar surface area (TPSA) is 35.6 Å². The van der Waals surface area contributed by atoms with E-state index < -0.39 is 0 Å². The van der Waals surface area contributed by atoms with Crippen LogP contribution in [0.1, 0.15) is 18.4 Å². The van der Waals surface area contributed by atoms with E-state index in [-0.39, 0.29) is 11.7 Å². The Balaban J connectivity index is 2.40. The van der Waals surface area contributed by atoms with Gasteiger partial charge in [0, 0.05) is 7.05 Å². The molecule has 0 aliphatic rings. The van der Waals surface area contributed by atoms with Gasteiger partial charge in [0.1, 0.15) is 17.2 Å². The lowest BCUT2D eigenvalue weighted by Crippen LogP contribution is -2.05. The highest BCUT2D eigenvalue weighted by Crippen LogP contribution is 2.29. The van der Waals surface area contributed by atoms with Crippen molar-refractivity contribution in [1.82, 2.24) is 19.3 Å². The molecule has 0 aliphatic carbocycles. The van der Waals surface area contributed by atoms with Crippen molar-refractivity contribution in [2.75, 3.05) is 0 Å². The van der Waals surface area contributed by atoms with Crippen LogP contribution in [0.3, 0.4) is 0 Å². The summed E-state index contributed by atoms with van der Waals surface area (Å²) >= 11 is 12.2. The molecule has 0 atom stereocenters. The lowest BCUT2D eigenvalue weighted by molar-refractivity contribution is 0.626. The van der Waals surface area contributed by atoms with Crippen LogP contribution >= 0.6 is 23.2 Å². The predicted molar refractivity (Wildman–Crippen MR) is 81.7 cm³/mol. The summed E-state index contributed by atoms with van der Waals surface area (Å²) in [5.74, 6) is 0.446. The van der Waals surface area contributed by atoms with Crippen molar-refractivity contribution in [2.45, 2.75) is 19.2 Å². The minimum Gasteiger partial charge on any atom is -0.278 e. The van der Waals surface area contributed by atoms with Crippen LogP contribution in [-0.4, -0.2) is 19.3 Å². The van der Waals surface area contributed by atoms with Crippen LogP contribution < -0.4 is 0 Å². The van der Waals surface area contributed by atoms with E-state index in [1.54, 1.807) is 9.25 Å².